The summed E-state index contributed by atoms with van der Waals surface area (Å²) in [5, 5.41) is 1.19. The summed E-state index contributed by atoms with van der Waals surface area (Å²) in [5.74, 6) is 0. The average Bonchev–Trinajstić information content (AvgIpc) is 2.73. The molecule has 0 aliphatic carbocycles. The minimum atomic E-state index is -0.653. The largest absolute Gasteiger partial charge is 0.449 e. The number of hydrogen-bond acceptors (Lipinski definition) is 4. The van der Waals surface area contributed by atoms with Crippen molar-refractivity contribution < 1.29 is 19.1 Å². The SMILES string of the molecule is CCOC(=O)NN1C(=O)OC[C@@H]1Cc1ccccc1. The van der Waals surface area contributed by atoms with Crippen LogP contribution in [0.2, 0.25) is 0 Å². The van der Waals surface area contributed by atoms with Crippen molar-refractivity contribution in [3.8, 4) is 0 Å². The van der Waals surface area contributed by atoms with Crippen LogP contribution in [0.15, 0.2) is 30.3 Å². The Hall–Kier alpha value is -2.24. The molecule has 0 aromatic heterocycles. The molecule has 2 amide bonds. The van der Waals surface area contributed by atoms with E-state index in [1.54, 1.807) is 6.92 Å². The van der Waals surface area contributed by atoms with Crippen molar-refractivity contribution >= 4 is 12.2 Å². The Morgan fingerprint density at radius 2 is 2.21 bits per heavy atom. The lowest BCUT2D eigenvalue weighted by atomic mass is 10.1. The van der Waals surface area contributed by atoms with E-state index in [9.17, 15) is 9.59 Å². The number of amides is 2. The topological polar surface area (TPSA) is 67.9 Å². The van der Waals surface area contributed by atoms with Crippen LogP contribution in [-0.2, 0) is 15.9 Å². The van der Waals surface area contributed by atoms with Gasteiger partial charge in [0.05, 0.1) is 12.6 Å². The molecule has 1 saturated heterocycles. The van der Waals surface area contributed by atoms with Gasteiger partial charge in [0.15, 0.2) is 0 Å². The molecule has 6 nitrogen and oxygen atoms in total. The molecule has 19 heavy (non-hydrogen) atoms. The Balaban J connectivity index is 1.99. The van der Waals surface area contributed by atoms with Gasteiger partial charge in [0, 0.05) is 0 Å². The summed E-state index contributed by atoms with van der Waals surface area (Å²) in [7, 11) is 0. The highest BCUT2D eigenvalue weighted by atomic mass is 16.6. The van der Waals surface area contributed by atoms with E-state index in [1.807, 2.05) is 30.3 Å². The predicted molar refractivity (Wildman–Crippen MR) is 67.3 cm³/mol. The van der Waals surface area contributed by atoms with E-state index in [4.69, 9.17) is 9.47 Å². The number of benzene rings is 1. The molecule has 1 atom stereocenters. The van der Waals surface area contributed by atoms with Crippen molar-refractivity contribution in [1.82, 2.24) is 10.4 Å². The Kier molecular flexibility index (Phi) is 4.22. The van der Waals surface area contributed by atoms with Crippen LogP contribution < -0.4 is 5.43 Å². The summed E-state index contributed by atoms with van der Waals surface area (Å²) >= 11 is 0. The number of nitrogens with one attached hydrogen (secondary N) is 1. The number of carbonyl (C=O) groups excluding carboxylic acids is 2. The fourth-order valence-corrected chi connectivity index (χ4v) is 1.90. The monoisotopic (exact) mass is 264 g/mol. The summed E-state index contributed by atoms with van der Waals surface area (Å²) < 4.78 is 9.70. The Morgan fingerprint density at radius 3 is 2.89 bits per heavy atom. The Morgan fingerprint density at radius 1 is 1.47 bits per heavy atom. The molecule has 1 heterocycles. The second-order valence-electron chi connectivity index (χ2n) is 4.12. The van der Waals surface area contributed by atoms with E-state index in [-0.39, 0.29) is 19.3 Å². The average molecular weight is 264 g/mol. The molecule has 6 heteroatoms. The van der Waals surface area contributed by atoms with E-state index < -0.39 is 12.2 Å². The maximum Gasteiger partial charge on any atom is 0.429 e. The van der Waals surface area contributed by atoms with Crippen molar-refractivity contribution in [2.75, 3.05) is 13.2 Å². The van der Waals surface area contributed by atoms with Crippen LogP contribution in [0.25, 0.3) is 0 Å². The van der Waals surface area contributed by atoms with Gasteiger partial charge in [-0.1, -0.05) is 30.3 Å². The van der Waals surface area contributed by atoms with Crippen LogP contribution >= 0.6 is 0 Å². The number of nitrogens with zero attached hydrogens (tertiary/aromatic N) is 1. The number of hydrogen-bond donors (Lipinski definition) is 1. The second kappa shape index (κ2) is 6.08. The first kappa shape index (κ1) is 13.2. The normalized spacial score (nSPS) is 18.1. The predicted octanol–water partition coefficient (Wildman–Crippen LogP) is 1.71. The fraction of sp³-hybridized carbons (Fsp3) is 0.385. The minimum absolute atomic E-state index is 0.223. The molecular weight excluding hydrogens is 248 g/mol. The minimum Gasteiger partial charge on any atom is -0.449 e. The van der Waals surface area contributed by atoms with Gasteiger partial charge in [0.25, 0.3) is 0 Å². The lowest BCUT2D eigenvalue weighted by Gasteiger charge is -2.21. The number of rotatable bonds is 4. The van der Waals surface area contributed by atoms with Gasteiger partial charge < -0.3 is 9.47 Å². The van der Waals surface area contributed by atoms with E-state index >= 15 is 0 Å². The molecule has 1 aromatic rings. The first-order valence-corrected chi connectivity index (χ1v) is 6.14. The molecule has 0 radical (unpaired) electrons. The smallest absolute Gasteiger partial charge is 0.429 e. The highest BCUT2D eigenvalue weighted by Crippen LogP contribution is 2.15. The van der Waals surface area contributed by atoms with Gasteiger partial charge in [0.1, 0.15) is 6.61 Å². The van der Waals surface area contributed by atoms with Crippen LogP contribution in [0.1, 0.15) is 12.5 Å². The summed E-state index contributed by atoms with van der Waals surface area (Å²) in [6, 6.07) is 9.48. The quantitative estimate of drug-likeness (QED) is 0.899. The molecule has 1 aliphatic heterocycles. The summed E-state index contributed by atoms with van der Waals surface area (Å²) in [5.41, 5.74) is 3.47. The van der Waals surface area contributed by atoms with Gasteiger partial charge >= 0.3 is 12.2 Å². The van der Waals surface area contributed by atoms with E-state index in [0.29, 0.717) is 6.42 Å². The van der Waals surface area contributed by atoms with Crippen molar-refractivity contribution in [2.24, 2.45) is 0 Å². The van der Waals surface area contributed by atoms with Crippen molar-refractivity contribution in [2.45, 2.75) is 19.4 Å². The molecule has 0 bridgehead atoms. The van der Waals surface area contributed by atoms with Crippen LogP contribution in [0.4, 0.5) is 9.59 Å². The third kappa shape index (κ3) is 3.37. The lowest BCUT2D eigenvalue weighted by molar-refractivity contribution is 0.107. The molecule has 1 fully saturated rings. The third-order valence-electron chi connectivity index (χ3n) is 2.76. The van der Waals surface area contributed by atoms with E-state index in [2.05, 4.69) is 5.43 Å². The second-order valence-corrected chi connectivity index (χ2v) is 4.12. The Labute approximate surface area is 111 Å². The van der Waals surface area contributed by atoms with Gasteiger partial charge in [-0.3, -0.25) is 0 Å². The maximum atomic E-state index is 11.5. The van der Waals surface area contributed by atoms with Crippen LogP contribution in [-0.4, -0.2) is 36.5 Å². The first-order chi connectivity index (χ1) is 9.20. The summed E-state index contributed by atoms with van der Waals surface area (Å²) in [6.45, 7) is 2.20. The first-order valence-electron chi connectivity index (χ1n) is 6.14. The molecule has 1 aromatic carbocycles. The molecule has 102 valence electrons. The van der Waals surface area contributed by atoms with E-state index in [1.165, 1.54) is 5.01 Å². The Bertz CT molecular complexity index is 449. The summed E-state index contributed by atoms with van der Waals surface area (Å²) in [6.07, 6.45) is -0.604. The van der Waals surface area contributed by atoms with Crippen LogP contribution in [0.3, 0.4) is 0 Å². The molecule has 1 N–H and O–H groups in total. The fourth-order valence-electron chi connectivity index (χ4n) is 1.90. The molecular formula is C13H16N2O4. The number of hydrazine groups is 1. The van der Waals surface area contributed by atoms with Crippen molar-refractivity contribution in [1.29, 1.82) is 0 Å². The molecule has 0 unspecified atom stereocenters. The van der Waals surface area contributed by atoms with Crippen LogP contribution in [0.5, 0.6) is 0 Å². The van der Waals surface area contributed by atoms with Gasteiger partial charge in [-0.15, -0.1) is 0 Å². The lowest BCUT2D eigenvalue weighted by Crippen LogP contribution is -2.48. The van der Waals surface area contributed by atoms with Crippen molar-refractivity contribution in [3.63, 3.8) is 0 Å². The van der Waals surface area contributed by atoms with Crippen LogP contribution in [0, 0.1) is 0 Å². The van der Waals surface area contributed by atoms with Crippen molar-refractivity contribution in [3.05, 3.63) is 35.9 Å². The van der Waals surface area contributed by atoms with Gasteiger partial charge in [-0.05, 0) is 18.9 Å². The molecule has 2 rings (SSSR count). The summed E-state index contributed by atoms with van der Waals surface area (Å²) in [4.78, 5) is 22.9. The number of cyclic esters (lactones) is 1. The standard InChI is InChI=1S/C13H16N2O4/c1-2-18-12(16)14-15-11(9-19-13(15)17)8-10-6-4-3-5-7-10/h3-7,11H,2,8-9H2,1H3,(H,14,16)/t11-/m0/s1. The maximum absolute atomic E-state index is 11.5. The highest BCUT2D eigenvalue weighted by molar-refractivity contribution is 5.75. The third-order valence-corrected chi connectivity index (χ3v) is 2.76. The van der Waals surface area contributed by atoms with Gasteiger partial charge in [0.2, 0.25) is 0 Å². The molecule has 0 spiro atoms. The van der Waals surface area contributed by atoms with Gasteiger partial charge in [-0.25, -0.2) is 20.0 Å². The molecule has 1 aliphatic rings. The molecule has 0 saturated carbocycles. The van der Waals surface area contributed by atoms with E-state index in [0.717, 1.165) is 5.56 Å². The number of carbonyl (C=O) groups is 2. The zero-order valence-electron chi connectivity index (χ0n) is 10.7. The zero-order chi connectivity index (χ0) is 13.7. The highest BCUT2D eigenvalue weighted by Gasteiger charge is 2.34. The zero-order valence-corrected chi connectivity index (χ0v) is 10.7. The van der Waals surface area contributed by atoms with Gasteiger partial charge in [-0.2, -0.15) is 0 Å². The number of ether oxygens (including phenoxy) is 2.